The van der Waals surface area contributed by atoms with Gasteiger partial charge < -0.3 is 9.64 Å². The van der Waals surface area contributed by atoms with Gasteiger partial charge in [-0.1, -0.05) is 30.3 Å². The summed E-state index contributed by atoms with van der Waals surface area (Å²) in [6.45, 7) is 4.33. The van der Waals surface area contributed by atoms with Crippen LogP contribution in [0.3, 0.4) is 0 Å². The number of nitrogens with zero attached hydrogens (tertiary/aromatic N) is 3. The highest BCUT2D eigenvalue weighted by molar-refractivity contribution is 7.16. The predicted octanol–water partition coefficient (Wildman–Crippen LogP) is 3.82. The fourth-order valence-electron chi connectivity index (χ4n) is 4.78. The summed E-state index contributed by atoms with van der Waals surface area (Å²) in [4.78, 5) is 36.2. The van der Waals surface area contributed by atoms with E-state index in [0.29, 0.717) is 16.4 Å². The van der Waals surface area contributed by atoms with Crippen LogP contribution >= 0.6 is 11.3 Å². The van der Waals surface area contributed by atoms with Gasteiger partial charge in [-0.25, -0.2) is 4.98 Å². The third-order valence-electron chi connectivity index (χ3n) is 6.83. The Morgan fingerprint density at radius 2 is 1.80 bits per heavy atom. The molecule has 1 aromatic heterocycles. The number of benzene rings is 2. The Labute approximate surface area is 209 Å². The lowest BCUT2D eigenvalue weighted by atomic mass is 10.1. The van der Waals surface area contributed by atoms with Crippen LogP contribution in [0.25, 0.3) is 0 Å². The largest absolute Gasteiger partial charge is 0.497 e. The second-order valence-corrected chi connectivity index (χ2v) is 10.1. The number of carbonyl (C=O) groups excluding carboxylic acids is 2. The molecule has 0 radical (unpaired) electrons. The van der Waals surface area contributed by atoms with Crippen LogP contribution in [0.5, 0.6) is 5.75 Å². The number of methoxy groups -OCH3 is 1. The SMILES string of the molecule is COc1ccc(C(=O)Nc2nc3c(s2)CCC3C(=O)N2CCN(CCc3ccccc3)CC2)cc1. The fraction of sp³-hybridized carbons (Fsp3) is 0.370. The normalized spacial score (nSPS) is 17.7. The molecule has 0 saturated carbocycles. The molecule has 0 spiro atoms. The molecule has 2 aliphatic rings. The summed E-state index contributed by atoms with van der Waals surface area (Å²) in [6.07, 6.45) is 2.66. The van der Waals surface area contributed by atoms with E-state index in [4.69, 9.17) is 4.74 Å². The average Bonchev–Trinajstić information content (AvgIpc) is 3.48. The van der Waals surface area contributed by atoms with Crippen molar-refractivity contribution in [1.82, 2.24) is 14.8 Å². The molecule has 1 N–H and O–H groups in total. The van der Waals surface area contributed by atoms with Crippen LogP contribution in [-0.4, -0.2) is 66.4 Å². The van der Waals surface area contributed by atoms with Gasteiger partial charge in [-0.05, 0) is 49.1 Å². The van der Waals surface area contributed by atoms with Gasteiger partial charge in [0.25, 0.3) is 5.91 Å². The van der Waals surface area contributed by atoms with Crippen molar-refractivity contribution in [3.05, 3.63) is 76.3 Å². The number of piperazine rings is 1. The van der Waals surface area contributed by atoms with E-state index in [2.05, 4.69) is 39.5 Å². The first-order valence-electron chi connectivity index (χ1n) is 12.1. The molecule has 3 aromatic rings. The van der Waals surface area contributed by atoms with Gasteiger partial charge in [-0.15, -0.1) is 11.3 Å². The molecular weight excluding hydrogens is 460 g/mol. The molecule has 2 amide bonds. The number of hydrogen-bond donors (Lipinski definition) is 1. The average molecular weight is 491 g/mol. The van der Waals surface area contributed by atoms with E-state index in [-0.39, 0.29) is 17.7 Å². The molecule has 1 atom stereocenters. The minimum Gasteiger partial charge on any atom is -0.497 e. The Bertz CT molecular complexity index is 1170. The first-order chi connectivity index (χ1) is 17.1. The maximum Gasteiger partial charge on any atom is 0.257 e. The third-order valence-corrected chi connectivity index (χ3v) is 7.88. The molecule has 8 heteroatoms. The number of anilines is 1. The van der Waals surface area contributed by atoms with E-state index in [1.54, 1.807) is 31.4 Å². The molecule has 5 rings (SSSR count). The van der Waals surface area contributed by atoms with Crippen LogP contribution in [0.4, 0.5) is 5.13 Å². The summed E-state index contributed by atoms with van der Waals surface area (Å²) < 4.78 is 5.15. The van der Waals surface area contributed by atoms with Crippen molar-refractivity contribution in [1.29, 1.82) is 0 Å². The number of aromatic nitrogens is 1. The van der Waals surface area contributed by atoms with E-state index in [0.717, 1.165) is 62.6 Å². The molecule has 2 heterocycles. The van der Waals surface area contributed by atoms with Crippen molar-refractivity contribution in [2.24, 2.45) is 0 Å². The highest BCUT2D eigenvalue weighted by atomic mass is 32.1. The van der Waals surface area contributed by atoms with Crippen LogP contribution in [-0.2, 0) is 17.6 Å². The lowest BCUT2D eigenvalue weighted by molar-refractivity contribution is -0.134. The molecule has 1 aliphatic carbocycles. The van der Waals surface area contributed by atoms with Crippen LogP contribution < -0.4 is 10.1 Å². The van der Waals surface area contributed by atoms with E-state index in [1.165, 1.54) is 16.9 Å². The Morgan fingerprint density at radius 1 is 1.06 bits per heavy atom. The number of hydrogen-bond acceptors (Lipinski definition) is 6. The predicted molar refractivity (Wildman–Crippen MR) is 137 cm³/mol. The number of fused-ring (bicyclic) bond motifs is 1. The Hall–Kier alpha value is -3.23. The lowest BCUT2D eigenvalue weighted by Crippen LogP contribution is -2.50. The van der Waals surface area contributed by atoms with E-state index in [1.807, 2.05) is 11.0 Å². The van der Waals surface area contributed by atoms with Gasteiger partial charge in [0.15, 0.2) is 5.13 Å². The summed E-state index contributed by atoms with van der Waals surface area (Å²) >= 11 is 1.48. The van der Waals surface area contributed by atoms with Crippen LogP contribution in [0, 0.1) is 0 Å². The maximum atomic E-state index is 13.3. The standard InChI is InChI=1S/C27H30N4O3S/c1-34-21-9-7-20(8-10-21)25(32)29-27-28-24-22(11-12-23(24)35-27)26(33)31-17-15-30(16-18-31)14-13-19-5-3-2-4-6-19/h2-10,22H,11-18H2,1H3,(H,28,29,32). The third kappa shape index (κ3) is 5.39. The minimum absolute atomic E-state index is 0.171. The maximum absolute atomic E-state index is 13.3. The van der Waals surface area contributed by atoms with Crippen molar-refractivity contribution < 1.29 is 14.3 Å². The Kier molecular flexibility index (Phi) is 7.11. The van der Waals surface area contributed by atoms with Crippen LogP contribution in [0.1, 0.15) is 38.8 Å². The summed E-state index contributed by atoms with van der Waals surface area (Å²) in [5.74, 6) is 0.455. The topological polar surface area (TPSA) is 74.8 Å². The van der Waals surface area contributed by atoms with E-state index in [9.17, 15) is 9.59 Å². The smallest absolute Gasteiger partial charge is 0.257 e. The number of carbonyl (C=O) groups is 2. The van der Waals surface area contributed by atoms with Gasteiger partial charge in [0.2, 0.25) is 5.91 Å². The molecule has 1 aliphatic heterocycles. The highest BCUT2D eigenvalue weighted by Gasteiger charge is 2.36. The number of amides is 2. The van der Waals surface area contributed by atoms with Gasteiger partial charge in [0.1, 0.15) is 5.75 Å². The summed E-state index contributed by atoms with van der Waals surface area (Å²) in [6, 6.07) is 17.5. The second-order valence-electron chi connectivity index (χ2n) is 9.00. The van der Waals surface area contributed by atoms with E-state index >= 15 is 0 Å². The number of thiazole rings is 1. The quantitative estimate of drug-likeness (QED) is 0.545. The van der Waals surface area contributed by atoms with Crippen molar-refractivity contribution in [3.8, 4) is 5.75 Å². The molecule has 182 valence electrons. The molecule has 0 bridgehead atoms. The number of aryl methyl sites for hydroxylation is 1. The van der Waals surface area contributed by atoms with Gasteiger partial charge >= 0.3 is 0 Å². The first kappa shape index (κ1) is 23.5. The minimum atomic E-state index is -0.213. The lowest BCUT2D eigenvalue weighted by Gasteiger charge is -2.36. The first-order valence-corrected chi connectivity index (χ1v) is 12.9. The number of nitrogens with one attached hydrogen (secondary N) is 1. The van der Waals surface area contributed by atoms with Crippen molar-refractivity contribution >= 4 is 28.3 Å². The van der Waals surface area contributed by atoms with Gasteiger partial charge in [-0.2, -0.15) is 0 Å². The van der Waals surface area contributed by atoms with Crippen LogP contribution in [0.2, 0.25) is 0 Å². The zero-order valence-electron chi connectivity index (χ0n) is 19.9. The van der Waals surface area contributed by atoms with Crippen molar-refractivity contribution in [3.63, 3.8) is 0 Å². The molecule has 2 aromatic carbocycles. The molecule has 1 fully saturated rings. The van der Waals surface area contributed by atoms with E-state index < -0.39 is 0 Å². The zero-order valence-corrected chi connectivity index (χ0v) is 20.7. The zero-order chi connectivity index (χ0) is 24.2. The Balaban J connectivity index is 1.15. The number of rotatable bonds is 7. The highest BCUT2D eigenvalue weighted by Crippen LogP contribution is 2.39. The molecule has 1 unspecified atom stereocenters. The monoisotopic (exact) mass is 490 g/mol. The van der Waals surface area contributed by atoms with Crippen molar-refractivity contribution in [2.75, 3.05) is 45.2 Å². The van der Waals surface area contributed by atoms with Gasteiger partial charge in [0.05, 0.1) is 18.7 Å². The molecular formula is C27H30N4O3S. The molecule has 1 saturated heterocycles. The summed E-state index contributed by atoms with van der Waals surface area (Å²) in [7, 11) is 1.59. The van der Waals surface area contributed by atoms with Crippen molar-refractivity contribution in [2.45, 2.75) is 25.2 Å². The Morgan fingerprint density at radius 3 is 2.51 bits per heavy atom. The molecule has 7 nitrogen and oxygen atoms in total. The fourth-order valence-corrected chi connectivity index (χ4v) is 5.81. The van der Waals surface area contributed by atoms with Gasteiger partial charge in [0, 0.05) is 43.2 Å². The molecule has 35 heavy (non-hydrogen) atoms. The number of ether oxygens (including phenoxy) is 1. The summed E-state index contributed by atoms with van der Waals surface area (Å²) in [5.41, 5.74) is 2.73. The van der Waals surface area contributed by atoms with Gasteiger partial charge in [-0.3, -0.25) is 19.8 Å². The van der Waals surface area contributed by atoms with Crippen LogP contribution in [0.15, 0.2) is 54.6 Å². The summed E-state index contributed by atoms with van der Waals surface area (Å²) in [5, 5.41) is 3.45. The second kappa shape index (κ2) is 10.6.